The molecule has 45 heavy (non-hydrogen) atoms. The molecule has 3 rings (SSSR count). The SMILES string of the molecule is C=CC(=O)OCCOc1ccc(OC(=O)/C=C/c2ccc(-c3ccc(OCCOC(=O)C(=C)CC(=O)OCC)cc3)cc2)cc1. The molecule has 0 heterocycles. The van der Waals surface area contributed by atoms with Crippen molar-refractivity contribution >= 4 is 30.0 Å². The maximum absolute atomic E-state index is 12.3. The summed E-state index contributed by atoms with van der Waals surface area (Å²) >= 11 is 0. The van der Waals surface area contributed by atoms with E-state index in [2.05, 4.69) is 13.2 Å². The number of ether oxygens (including phenoxy) is 6. The van der Waals surface area contributed by atoms with Gasteiger partial charge >= 0.3 is 23.9 Å². The second-order valence-electron chi connectivity index (χ2n) is 9.16. The van der Waals surface area contributed by atoms with Crippen molar-refractivity contribution < 1.29 is 47.6 Å². The molecule has 0 aliphatic heterocycles. The molecule has 3 aromatic rings. The summed E-state index contributed by atoms with van der Waals surface area (Å²) in [4.78, 5) is 46.6. The van der Waals surface area contributed by atoms with Crippen LogP contribution in [-0.2, 0) is 33.4 Å². The Morgan fingerprint density at radius 2 is 1.20 bits per heavy atom. The van der Waals surface area contributed by atoms with Crippen LogP contribution in [0.5, 0.6) is 17.2 Å². The van der Waals surface area contributed by atoms with Gasteiger partial charge in [0, 0.05) is 17.7 Å². The third-order valence-electron chi connectivity index (χ3n) is 5.85. The summed E-state index contributed by atoms with van der Waals surface area (Å²) in [6, 6.07) is 21.5. The molecule has 0 saturated carbocycles. The van der Waals surface area contributed by atoms with Gasteiger partial charge in [0.1, 0.15) is 43.7 Å². The average molecular weight is 615 g/mol. The van der Waals surface area contributed by atoms with E-state index in [-0.39, 0.29) is 45.0 Å². The number of rotatable bonds is 17. The van der Waals surface area contributed by atoms with Gasteiger partial charge in [0.2, 0.25) is 0 Å². The number of benzene rings is 3. The van der Waals surface area contributed by atoms with Gasteiger partial charge in [-0.2, -0.15) is 0 Å². The van der Waals surface area contributed by atoms with E-state index in [1.54, 1.807) is 49.4 Å². The predicted molar refractivity (Wildman–Crippen MR) is 166 cm³/mol. The Bertz CT molecular complexity index is 1490. The van der Waals surface area contributed by atoms with Crippen LogP contribution >= 0.6 is 0 Å². The van der Waals surface area contributed by atoms with Crippen LogP contribution in [0.15, 0.2) is 104 Å². The third kappa shape index (κ3) is 12.2. The third-order valence-corrected chi connectivity index (χ3v) is 5.85. The monoisotopic (exact) mass is 614 g/mol. The minimum atomic E-state index is -0.669. The lowest BCUT2D eigenvalue weighted by atomic mass is 10.0. The van der Waals surface area contributed by atoms with Crippen LogP contribution in [0, 0.1) is 0 Å². The first-order valence-corrected chi connectivity index (χ1v) is 14.0. The number of esters is 4. The molecule has 0 bridgehead atoms. The van der Waals surface area contributed by atoms with Crippen LogP contribution < -0.4 is 14.2 Å². The first-order valence-electron chi connectivity index (χ1n) is 14.0. The van der Waals surface area contributed by atoms with Crippen molar-refractivity contribution in [2.24, 2.45) is 0 Å². The second kappa shape index (κ2) is 18.1. The lowest BCUT2D eigenvalue weighted by molar-refractivity contribution is -0.146. The molecular formula is C35H34O10. The summed E-state index contributed by atoms with van der Waals surface area (Å²) in [5.74, 6) is -0.747. The molecule has 0 unspecified atom stereocenters. The van der Waals surface area contributed by atoms with Crippen molar-refractivity contribution in [1.82, 2.24) is 0 Å². The largest absolute Gasteiger partial charge is 0.490 e. The molecule has 3 aromatic carbocycles. The lowest BCUT2D eigenvalue weighted by Crippen LogP contribution is -2.16. The van der Waals surface area contributed by atoms with Gasteiger partial charge in [-0.15, -0.1) is 0 Å². The highest BCUT2D eigenvalue weighted by Gasteiger charge is 2.14. The van der Waals surface area contributed by atoms with Gasteiger partial charge in [-0.1, -0.05) is 49.6 Å². The molecular weight excluding hydrogens is 580 g/mol. The summed E-state index contributed by atoms with van der Waals surface area (Å²) in [6.45, 7) is 9.19. The molecule has 0 fully saturated rings. The van der Waals surface area contributed by atoms with Crippen molar-refractivity contribution in [1.29, 1.82) is 0 Å². The molecule has 0 atom stereocenters. The first kappa shape index (κ1) is 33.9. The Labute approximate surface area is 261 Å². The predicted octanol–water partition coefficient (Wildman–Crippen LogP) is 5.51. The Hall–Kier alpha value is -5.64. The van der Waals surface area contributed by atoms with Crippen molar-refractivity contribution in [3.8, 4) is 28.4 Å². The standard InChI is InChI=1S/C35H34O10/c1-4-32(36)43-22-20-41-30-15-17-31(18-16-30)45-33(37)19-8-26-6-9-27(10-7-26)28-11-13-29(14-12-28)42-21-23-44-35(39)25(3)24-34(38)40-5-2/h4,6-19H,1,3,5,20-24H2,2H3/b19-8+. The Balaban J connectivity index is 1.39. The Morgan fingerprint density at radius 3 is 1.78 bits per heavy atom. The minimum Gasteiger partial charge on any atom is -0.490 e. The van der Waals surface area contributed by atoms with Gasteiger partial charge in [0.25, 0.3) is 0 Å². The number of carbonyl (C=O) groups is 4. The fourth-order valence-corrected chi connectivity index (χ4v) is 3.66. The first-order chi connectivity index (χ1) is 21.8. The minimum absolute atomic E-state index is 0.00414. The van der Waals surface area contributed by atoms with Crippen LogP contribution in [0.25, 0.3) is 17.2 Å². The fourth-order valence-electron chi connectivity index (χ4n) is 3.66. The molecule has 0 aliphatic rings. The summed E-state index contributed by atoms with van der Waals surface area (Å²) in [7, 11) is 0. The summed E-state index contributed by atoms with van der Waals surface area (Å²) < 4.78 is 31.1. The van der Waals surface area contributed by atoms with E-state index in [0.29, 0.717) is 17.2 Å². The van der Waals surface area contributed by atoms with E-state index >= 15 is 0 Å². The quantitative estimate of drug-likeness (QED) is 0.0632. The highest BCUT2D eigenvalue weighted by atomic mass is 16.6. The molecule has 0 radical (unpaired) electrons. The smallest absolute Gasteiger partial charge is 0.336 e. The van der Waals surface area contributed by atoms with Crippen LogP contribution in [0.2, 0.25) is 0 Å². The Morgan fingerprint density at radius 1 is 0.667 bits per heavy atom. The number of hydrogen-bond donors (Lipinski definition) is 0. The van der Waals surface area contributed by atoms with Crippen LogP contribution in [0.4, 0.5) is 0 Å². The van der Waals surface area contributed by atoms with Crippen LogP contribution in [-0.4, -0.2) is 56.9 Å². The van der Waals surface area contributed by atoms with Gasteiger partial charge in [0.05, 0.1) is 13.0 Å². The lowest BCUT2D eigenvalue weighted by Gasteiger charge is -2.09. The van der Waals surface area contributed by atoms with E-state index in [4.69, 9.17) is 28.4 Å². The van der Waals surface area contributed by atoms with Gasteiger partial charge in [-0.05, 0) is 66.1 Å². The maximum atomic E-state index is 12.3. The molecule has 0 saturated heterocycles. The van der Waals surface area contributed by atoms with Gasteiger partial charge in [-0.25, -0.2) is 14.4 Å². The summed E-state index contributed by atoms with van der Waals surface area (Å²) in [5.41, 5.74) is 2.77. The van der Waals surface area contributed by atoms with Gasteiger partial charge in [-0.3, -0.25) is 4.79 Å². The molecule has 10 nitrogen and oxygen atoms in total. The molecule has 234 valence electrons. The Kier molecular flexibility index (Phi) is 13.6. The van der Waals surface area contributed by atoms with Gasteiger partial charge < -0.3 is 28.4 Å². The number of carbonyl (C=O) groups excluding carboxylic acids is 4. The molecule has 10 heteroatoms. The van der Waals surface area contributed by atoms with Crippen LogP contribution in [0.3, 0.4) is 0 Å². The molecule has 0 aromatic heterocycles. The van der Waals surface area contributed by atoms with Crippen LogP contribution in [0.1, 0.15) is 18.9 Å². The zero-order valence-corrected chi connectivity index (χ0v) is 24.9. The van der Waals surface area contributed by atoms with Gasteiger partial charge in [0.15, 0.2) is 0 Å². The van der Waals surface area contributed by atoms with E-state index < -0.39 is 23.9 Å². The van der Waals surface area contributed by atoms with Crippen molar-refractivity contribution in [2.75, 3.05) is 33.0 Å². The molecule has 0 spiro atoms. The highest BCUT2D eigenvalue weighted by molar-refractivity contribution is 5.93. The van der Waals surface area contributed by atoms with E-state index in [0.717, 1.165) is 22.8 Å². The average Bonchev–Trinajstić information content (AvgIpc) is 3.05. The fraction of sp³-hybridized carbons (Fsp3) is 0.200. The van der Waals surface area contributed by atoms with E-state index in [1.807, 2.05) is 36.4 Å². The second-order valence-corrected chi connectivity index (χ2v) is 9.16. The normalized spacial score (nSPS) is 10.4. The van der Waals surface area contributed by atoms with Crippen molar-refractivity contribution in [3.63, 3.8) is 0 Å². The van der Waals surface area contributed by atoms with Crippen molar-refractivity contribution in [3.05, 3.63) is 109 Å². The molecule has 0 aliphatic carbocycles. The van der Waals surface area contributed by atoms with E-state index in [1.165, 1.54) is 6.08 Å². The van der Waals surface area contributed by atoms with Crippen molar-refractivity contribution in [2.45, 2.75) is 13.3 Å². The molecule has 0 N–H and O–H groups in total. The summed E-state index contributed by atoms with van der Waals surface area (Å²) in [6.07, 6.45) is 3.86. The zero-order valence-electron chi connectivity index (χ0n) is 24.9. The zero-order chi connectivity index (χ0) is 32.4. The van der Waals surface area contributed by atoms with E-state index in [9.17, 15) is 19.2 Å². The topological polar surface area (TPSA) is 124 Å². The summed E-state index contributed by atoms with van der Waals surface area (Å²) in [5, 5.41) is 0. The number of hydrogen-bond acceptors (Lipinski definition) is 10. The maximum Gasteiger partial charge on any atom is 0.336 e. The highest BCUT2D eigenvalue weighted by Crippen LogP contribution is 2.23. The molecule has 0 amide bonds.